The normalized spacial score (nSPS) is 19.0. The maximum absolute atomic E-state index is 12.4. The largest absolute Gasteiger partial charge is 0.380 e. The van der Waals surface area contributed by atoms with Crippen molar-refractivity contribution in [1.82, 2.24) is 9.88 Å². The van der Waals surface area contributed by atoms with E-state index in [2.05, 4.69) is 10.3 Å². The summed E-state index contributed by atoms with van der Waals surface area (Å²) in [6.07, 6.45) is 3.27. The van der Waals surface area contributed by atoms with Crippen LogP contribution in [0.15, 0.2) is 18.3 Å². The summed E-state index contributed by atoms with van der Waals surface area (Å²) in [5.41, 5.74) is 6.60. The molecule has 0 aromatic carbocycles. The number of methoxy groups -OCH3 is 1. The fourth-order valence-corrected chi connectivity index (χ4v) is 2.77. The zero-order chi connectivity index (χ0) is 17.5. The van der Waals surface area contributed by atoms with Gasteiger partial charge < -0.3 is 20.7 Å². The van der Waals surface area contributed by atoms with E-state index in [0.29, 0.717) is 25.5 Å². The number of carbonyl (C=O) groups excluding carboxylic acids is 2. The molecule has 0 saturated carbocycles. The van der Waals surface area contributed by atoms with Crippen LogP contribution >= 0.6 is 0 Å². The Labute approximate surface area is 142 Å². The van der Waals surface area contributed by atoms with Gasteiger partial charge in [0, 0.05) is 32.9 Å². The van der Waals surface area contributed by atoms with Gasteiger partial charge in [0.25, 0.3) is 0 Å². The van der Waals surface area contributed by atoms with Gasteiger partial charge in [-0.3, -0.25) is 9.59 Å². The number of nitrogens with two attached hydrogens (primary N) is 1. The van der Waals surface area contributed by atoms with E-state index < -0.39 is 0 Å². The topological polar surface area (TPSA) is 97.5 Å². The van der Waals surface area contributed by atoms with Crippen LogP contribution in [0.1, 0.15) is 24.8 Å². The highest BCUT2D eigenvalue weighted by atomic mass is 16.5. The number of carbonyl (C=O) groups is 2. The average Bonchev–Trinajstić information content (AvgIpc) is 2.61. The molecule has 2 rings (SSSR count). The highest BCUT2D eigenvalue weighted by molar-refractivity contribution is 5.92. The minimum atomic E-state index is -0.275. The molecule has 1 fully saturated rings. The van der Waals surface area contributed by atoms with Crippen molar-refractivity contribution in [2.24, 2.45) is 11.7 Å². The zero-order valence-electron chi connectivity index (χ0n) is 14.3. The summed E-state index contributed by atoms with van der Waals surface area (Å²) in [6.45, 7) is 3.35. The van der Waals surface area contributed by atoms with Crippen LogP contribution in [0.2, 0.25) is 0 Å². The molecule has 1 aromatic heterocycles. The number of hydrogen-bond acceptors (Lipinski definition) is 5. The molecule has 2 heterocycles. The first kappa shape index (κ1) is 18.4. The first-order chi connectivity index (χ1) is 11.5. The van der Waals surface area contributed by atoms with Crippen molar-refractivity contribution in [2.45, 2.75) is 32.3 Å². The summed E-state index contributed by atoms with van der Waals surface area (Å²) in [4.78, 5) is 30.7. The van der Waals surface area contributed by atoms with Crippen molar-refractivity contribution in [3.8, 4) is 0 Å². The Balaban J connectivity index is 1.90. The molecular formula is C17H26N4O3. The van der Waals surface area contributed by atoms with Crippen LogP contribution in [0.5, 0.6) is 0 Å². The molecule has 0 spiro atoms. The molecule has 2 unspecified atom stereocenters. The monoisotopic (exact) mass is 334 g/mol. The van der Waals surface area contributed by atoms with Crippen LogP contribution in [0, 0.1) is 12.8 Å². The van der Waals surface area contributed by atoms with Gasteiger partial charge >= 0.3 is 0 Å². The first-order valence-corrected chi connectivity index (χ1v) is 8.27. The lowest BCUT2D eigenvalue weighted by atomic mass is 9.96. The van der Waals surface area contributed by atoms with Crippen molar-refractivity contribution in [2.75, 3.05) is 32.1 Å². The van der Waals surface area contributed by atoms with Gasteiger partial charge in [0.2, 0.25) is 11.8 Å². The standard InChI is InChI=1S/C17H26N4O3/c1-12-5-6-15(19-10-12)20-17(23)13-4-3-7-21(11-13)16(22)8-14(9-18)24-2/h5-6,10,13-14H,3-4,7-9,11,18H2,1-2H3,(H,19,20,23). The second-order valence-corrected chi connectivity index (χ2v) is 6.19. The molecule has 0 bridgehead atoms. The smallest absolute Gasteiger partial charge is 0.230 e. The molecule has 1 aromatic rings. The van der Waals surface area contributed by atoms with Crippen LogP contribution < -0.4 is 11.1 Å². The van der Waals surface area contributed by atoms with E-state index >= 15 is 0 Å². The Morgan fingerprint density at radius 2 is 2.29 bits per heavy atom. The first-order valence-electron chi connectivity index (χ1n) is 8.27. The van der Waals surface area contributed by atoms with Crippen LogP contribution in [-0.2, 0) is 14.3 Å². The summed E-state index contributed by atoms with van der Waals surface area (Å²) < 4.78 is 5.16. The van der Waals surface area contributed by atoms with Crippen molar-refractivity contribution >= 4 is 17.6 Å². The number of nitrogens with one attached hydrogen (secondary N) is 1. The molecule has 7 heteroatoms. The van der Waals surface area contributed by atoms with Crippen LogP contribution in [0.4, 0.5) is 5.82 Å². The molecule has 0 radical (unpaired) electrons. The summed E-state index contributed by atoms with van der Waals surface area (Å²) >= 11 is 0. The molecule has 2 amide bonds. The molecule has 1 aliphatic rings. The number of nitrogens with zero attached hydrogens (tertiary/aromatic N) is 2. The fourth-order valence-electron chi connectivity index (χ4n) is 2.77. The van der Waals surface area contributed by atoms with Crippen LogP contribution in [-0.4, -0.2) is 54.5 Å². The molecule has 132 valence electrons. The van der Waals surface area contributed by atoms with E-state index in [1.165, 1.54) is 0 Å². The van der Waals surface area contributed by atoms with Gasteiger partial charge in [-0.1, -0.05) is 6.07 Å². The van der Waals surface area contributed by atoms with Crippen molar-refractivity contribution < 1.29 is 14.3 Å². The van der Waals surface area contributed by atoms with Crippen LogP contribution in [0.3, 0.4) is 0 Å². The Hall–Kier alpha value is -1.99. The number of rotatable bonds is 6. The third-order valence-corrected chi connectivity index (χ3v) is 4.31. The van der Waals surface area contributed by atoms with Gasteiger partial charge in [-0.25, -0.2) is 4.98 Å². The summed E-state index contributed by atoms with van der Waals surface area (Å²) in [5.74, 6) is 0.213. The van der Waals surface area contributed by atoms with Crippen molar-refractivity contribution in [3.63, 3.8) is 0 Å². The SMILES string of the molecule is COC(CN)CC(=O)N1CCCC(C(=O)Nc2ccc(C)cn2)C1. The highest BCUT2D eigenvalue weighted by Gasteiger charge is 2.29. The third kappa shape index (κ3) is 5.01. The molecular weight excluding hydrogens is 308 g/mol. The van der Waals surface area contributed by atoms with E-state index in [0.717, 1.165) is 18.4 Å². The molecule has 3 N–H and O–H groups in total. The van der Waals surface area contributed by atoms with Crippen molar-refractivity contribution in [1.29, 1.82) is 0 Å². The molecule has 7 nitrogen and oxygen atoms in total. The number of aromatic nitrogens is 1. The molecule has 1 aliphatic heterocycles. The second kappa shape index (κ2) is 8.75. The van der Waals surface area contributed by atoms with Crippen LogP contribution in [0.25, 0.3) is 0 Å². The number of aryl methyl sites for hydroxylation is 1. The Morgan fingerprint density at radius 3 is 2.92 bits per heavy atom. The Bertz CT molecular complexity index is 557. The number of likely N-dealkylation sites (tertiary alicyclic amines) is 1. The highest BCUT2D eigenvalue weighted by Crippen LogP contribution is 2.19. The summed E-state index contributed by atoms with van der Waals surface area (Å²) in [7, 11) is 1.55. The second-order valence-electron chi connectivity index (χ2n) is 6.19. The molecule has 24 heavy (non-hydrogen) atoms. The van der Waals surface area contributed by atoms with E-state index in [1.807, 2.05) is 13.0 Å². The predicted molar refractivity (Wildman–Crippen MR) is 91.4 cm³/mol. The number of anilines is 1. The lowest BCUT2D eigenvalue weighted by molar-refractivity contribution is -0.136. The average molecular weight is 334 g/mol. The number of amides is 2. The van der Waals surface area contributed by atoms with E-state index in [4.69, 9.17) is 10.5 Å². The number of hydrogen-bond donors (Lipinski definition) is 2. The van der Waals surface area contributed by atoms with Gasteiger partial charge in [0.1, 0.15) is 5.82 Å². The number of pyridine rings is 1. The minimum absolute atomic E-state index is 0.0155. The minimum Gasteiger partial charge on any atom is -0.380 e. The van der Waals surface area contributed by atoms with Gasteiger partial charge in [0.15, 0.2) is 0 Å². The van der Waals surface area contributed by atoms with Gasteiger partial charge in [0.05, 0.1) is 18.4 Å². The van der Waals surface area contributed by atoms with E-state index in [9.17, 15) is 9.59 Å². The third-order valence-electron chi connectivity index (χ3n) is 4.31. The predicted octanol–water partition coefficient (Wildman–Crippen LogP) is 0.931. The maximum atomic E-state index is 12.4. The fraction of sp³-hybridized carbons (Fsp3) is 0.588. The van der Waals surface area contributed by atoms with E-state index in [-0.39, 0.29) is 30.3 Å². The lowest BCUT2D eigenvalue weighted by Gasteiger charge is -2.32. The van der Waals surface area contributed by atoms with E-state index in [1.54, 1.807) is 24.3 Å². The summed E-state index contributed by atoms with van der Waals surface area (Å²) in [5, 5.41) is 2.83. The zero-order valence-corrected chi connectivity index (χ0v) is 14.3. The lowest BCUT2D eigenvalue weighted by Crippen LogP contribution is -2.45. The van der Waals surface area contributed by atoms with Crippen molar-refractivity contribution in [3.05, 3.63) is 23.9 Å². The van der Waals surface area contributed by atoms with Gasteiger partial charge in [-0.2, -0.15) is 0 Å². The Morgan fingerprint density at radius 1 is 1.50 bits per heavy atom. The molecule has 2 atom stereocenters. The number of piperidine rings is 1. The van der Waals surface area contributed by atoms with Gasteiger partial charge in [-0.05, 0) is 31.4 Å². The maximum Gasteiger partial charge on any atom is 0.230 e. The number of ether oxygens (including phenoxy) is 1. The molecule has 1 saturated heterocycles. The van der Waals surface area contributed by atoms with Gasteiger partial charge in [-0.15, -0.1) is 0 Å². The Kier molecular flexibility index (Phi) is 6.69. The quantitative estimate of drug-likeness (QED) is 0.806. The molecule has 0 aliphatic carbocycles. The summed E-state index contributed by atoms with van der Waals surface area (Å²) in [6, 6.07) is 3.68.